The molecule has 1 aromatic rings. The number of carbonyl (C=O) groups excluding carboxylic acids is 1. The molecule has 0 radical (unpaired) electrons. The van der Waals surface area contributed by atoms with E-state index in [1.807, 2.05) is 24.3 Å². The summed E-state index contributed by atoms with van der Waals surface area (Å²) in [5.41, 5.74) is 5.20. The summed E-state index contributed by atoms with van der Waals surface area (Å²) in [6.45, 7) is 4.31. The normalized spacial score (nSPS) is 31.9. The Morgan fingerprint density at radius 3 is 2.75 bits per heavy atom. The summed E-state index contributed by atoms with van der Waals surface area (Å²) in [4.78, 5) is 12.2. The van der Waals surface area contributed by atoms with Crippen LogP contribution in [0.3, 0.4) is 0 Å². The first-order chi connectivity index (χ1) is 9.61. The average molecular weight is 270 g/mol. The van der Waals surface area contributed by atoms with Crippen molar-refractivity contribution in [2.45, 2.75) is 39.5 Å². The van der Waals surface area contributed by atoms with Crippen molar-refractivity contribution in [3.63, 3.8) is 0 Å². The summed E-state index contributed by atoms with van der Waals surface area (Å²) in [6.07, 6.45) is 6.65. The van der Waals surface area contributed by atoms with Gasteiger partial charge in [0.1, 0.15) is 0 Å². The first kappa shape index (κ1) is 13.3. The summed E-state index contributed by atoms with van der Waals surface area (Å²) in [6, 6.07) is 8.09. The Bertz CT molecular complexity index is 534. The molecule has 0 saturated heterocycles. The van der Waals surface area contributed by atoms with Crippen molar-refractivity contribution >= 4 is 12.1 Å². The number of carbonyl (C=O) groups is 1. The van der Waals surface area contributed by atoms with Gasteiger partial charge in [-0.2, -0.15) is 5.10 Å². The Hall–Kier alpha value is -1.64. The third-order valence-corrected chi connectivity index (χ3v) is 5.08. The van der Waals surface area contributed by atoms with Crippen LogP contribution < -0.4 is 5.43 Å². The second-order valence-electron chi connectivity index (χ2n) is 6.48. The van der Waals surface area contributed by atoms with Gasteiger partial charge >= 0.3 is 0 Å². The van der Waals surface area contributed by atoms with Gasteiger partial charge in [0.05, 0.1) is 6.21 Å². The molecular formula is C17H22N2O. The smallest absolute Gasteiger partial charge is 0.244 e. The van der Waals surface area contributed by atoms with Crippen molar-refractivity contribution in [3.8, 4) is 0 Å². The second-order valence-corrected chi connectivity index (χ2v) is 6.48. The molecular weight excluding hydrogens is 248 g/mol. The fourth-order valence-corrected chi connectivity index (χ4v) is 3.74. The summed E-state index contributed by atoms with van der Waals surface area (Å²) in [5.74, 6) is 0.869. The molecule has 2 aliphatic rings. The van der Waals surface area contributed by atoms with Gasteiger partial charge in [-0.05, 0) is 36.7 Å². The van der Waals surface area contributed by atoms with E-state index in [0.29, 0.717) is 5.92 Å². The zero-order valence-corrected chi connectivity index (χ0v) is 12.2. The molecule has 0 unspecified atom stereocenters. The largest absolute Gasteiger partial charge is 0.273 e. The van der Waals surface area contributed by atoms with Gasteiger partial charge in [0.15, 0.2) is 0 Å². The molecule has 1 aromatic carbocycles. The molecule has 1 amide bonds. The van der Waals surface area contributed by atoms with Crippen LogP contribution in [-0.4, -0.2) is 12.1 Å². The average Bonchev–Trinajstić information content (AvgIpc) is 3.06. The number of hydrazone groups is 1. The Balaban J connectivity index is 1.56. The van der Waals surface area contributed by atoms with Gasteiger partial charge in [-0.25, -0.2) is 5.43 Å². The van der Waals surface area contributed by atoms with E-state index in [4.69, 9.17) is 0 Å². The van der Waals surface area contributed by atoms with E-state index in [-0.39, 0.29) is 17.2 Å². The predicted octanol–water partition coefficient (Wildman–Crippen LogP) is 3.27. The maximum Gasteiger partial charge on any atom is 0.244 e. The van der Waals surface area contributed by atoms with Gasteiger partial charge in [-0.3, -0.25) is 4.79 Å². The van der Waals surface area contributed by atoms with E-state index < -0.39 is 0 Å². The number of hydrogen-bond acceptors (Lipinski definition) is 2. The van der Waals surface area contributed by atoms with Crippen LogP contribution in [0.4, 0.5) is 0 Å². The van der Waals surface area contributed by atoms with Gasteiger partial charge in [-0.1, -0.05) is 49.6 Å². The lowest BCUT2D eigenvalue weighted by Gasteiger charge is -2.15. The minimum absolute atomic E-state index is 0.0998. The topological polar surface area (TPSA) is 41.5 Å². The maximum absolute atomic E-state index is 12.2. The van der Waals surface area contributed by atoms with Crippen LogP contribution in [0.5, 0.6) is 0 Å². The van der Waals surface area contributed by atoms with Crippen molar-refractivity contribution in [1.29, 1.82) is 0 Å². The highest BCUT2D eigenvalue weighted by atomic mass is 16.2. The molecule has 0 bridgehead atoms. The zero-order valence-electron chi connectivity index (χ0n) is 12.2. The minimum atomic E-state index is 0.0998. The lowest BCUT2D eigenvalue weighted by atomic mass is 9.90. The van der Waals surface area contributed by atoms with Gasteiger partial charge in [-0.15, -0.1) is 0 Å². The number of amides is 1. The van der Waals surface area contributed by atoms with Crippen molar-refractivity contribution < 1.29 is 4.79 Å². The third kappa shape index (κ3) is 2.37. The Labute approximate surface area is 120 Å². The van der Waals surface area contributed by atoms with Crippen LogP contribution in [0.1, 0.15) is 43.7 Å². The minimum Gasteiger partial charge on any atom is -0.273 e. The molecule has 0 heterocycles. The zero-order chi connectivity index (χ0) is 14.2. The van der Waals surface area contributed by atoms with E-state index in [1.54, 1.807) is 6.21 Å². The van der Waals surface area contributed by atoms with Gasteiger partial charge in [0.25, 0.3) is 0 Å². The summed E-state index contributed by atoms with van der Waals surface area (Å²) in [5, 5.41) is 4.10. The molecule has 0 spiro atoms. The molecule has 3 atom stereocenters. The number of nitrogens with one attached hydrogen (secondary N) is 1. The van der Waals surface area contributed by atoms with Crippen molar-refractivity contribution in [3.05, 3.63) is 35.4 Å². The van der Waals surface area contributed by atoms with E-state index in [2.05, 4.69) is 24.4 Å². The summed E-state index contributed by atoms with van der Waals surface area (Å²) in [7, 11) is 0. The first-order valence-electron chi connectivity index (χ1n) is 7.51. The second kappa shape index (κ2) is 5.04. The summed E-state index contributed by atoms with van der Waals surface area (Å²) >= 11 is 0. The fourth-order valence-electron chi connectivity index (χ4n) is 3.74. The lowest BCUT2D eigenvalue weighted by molar-refractivity contribution is -0.123. The van der Waals surface area contributed by atoms with E-state index in [9.17, 15) is 4.79 Å². The number of aryl methyl sites for hydroxylation is 1. The SMILES string of the molecule is Cc1ccc(/C=N\NC(=O)[C@H]2[C@@H]3CCCC[C@@]32C)cc1. The van der Waals surface area contributed by atoms with Crippen LogP contribution in [0, 0.1) is 24.2 Å². The maximum atomic E-state index is 12.2. The molecule has 0 aliphatic heterocycles. The van der Waals surface area contributed by atoms with E-state index in [1.165, 1.54) is 31.2 Å². The highest BCUT2D eigenvalue weighted by molar-refractivity contribution is 5.85. The van der Waals surface area contributed by atoms with E-state index in [0.717, 1.165) is 5.56 Å². The standard InChI is InChI=1S/C17H22N2O/c1-12-6-8-13(9-7-12)11-18-19-16(20)15-14-5-3-4-10-17(14,15)2/h6-9,11,14-15H,3-5,10H2,1-2H3,(H,19,20)/b18-11-/t14-,15+,17-/m0/s1. The Kier molecular flexibility index (Phi) is 3.36. The number of benzene rings is 1. The molecule has 0 aromatic heterocycles. The van der Waals surface area contributed by atoms with Crippen LogP contribution >= 0.6 is 0 Å². The van der Waals surface area contributed by atoms with Gasteiger partial charge in [0, 0.05) is 5.92 Å². The first-order valence-corrected chi connectivity index (χ1v) is 7.51. The van der Waals surface area contributed by atoms with Crippen molar-refractivity contribution in [2.24, 2.45) is 22.4 Å². The molecule has 2 fully saturated rings. The molecule has 20 heavy (non-hydrogen) atoms. The molecule has 106 valence electrons. The number of nitrogens with zero attached hydrogens (tertiary/aromatic N) is 1. The highest BCUT2D eigenvalue weighted by Gasteiger charge is 2.64. The molecule has 2 aliphatic carbocycles. The molecule has 3 rings (SSSR count). The summed E-state index contributed by atoms with van der Waals surface area (Å²) < 4.78 is 0. The number of hydrogen-bond donors (Lipinski definition) is 1. The van der Waals surface area contributed by atoms with E-state index >= 15 is 0 Å². The quantitative estimate of drug-likeness (QED) is 0.664. The van der Waals surface area contributed by atoms with Crippen LogP contribution in [0.25, 0.3) is 0 Å². The molecule has 1 N–H and O–H groups in total. The van der Waals surface area contributed by atoms with Crippen LogP contribution in [0.15, 0.2) is 29.4 Å². The lowest BCUT2D eigenvalue weighted by Crippen LogP contribution is -2.22. The molecule has 3 nitrogen and oxygen atoms in total. The third-order valence-electron chi connectivity index (χ3n) is 5.08. The van der Waals surface area contributed by atoms with Crippen molar-refractivity contribution in [2.75, 3.05) is 0 Å². The highest BCUT2D eigenvalue weighted by Crippen LogP contribution is 2.66. The monoisotopic (exact) mass is 270 g/mol. The Morgan fingerprint density at radius 2 is 2.10 bits per heavy atom. The van der Waals surface area contributed by atoms with Crippen LogP contribution in [-0.2, 0) is 4.79 Å². The van der Waals surface area contributed by atoms with Crippen molar-refractivity contribution in [1.82, 2.24) is 5.43 Å². The predicted molar refractivity (Wildman–Crippen MR) is 80.5 cm³/mol. The number of rotatable bonds is 3. The van der Waals surface area contributed by atoms with Gasteiger partial charge < -0.3 is 0 Å². The Morgan fingerprint density at radius 1 is 1.35 bits per heavy atom. The van der Waals surface area contributed by atoms with Crippen LogP contribution in [0.2, 0.25) is 0 Å². The number of fused-ring (bicyclic) bond motifs is 1. The molecule has 3 heteroatoms. The van der Waals surface area contributed by atoms with Gasteiger partial charge in [0.2, 0.25) is 5.91 Å². The fraction of sp³-hybridized carbons (Fsp3) is 0.529. The molecule has 2 saturated carbocycles.